The van der Waals surface area contributed by atoms with Crippen LogP contribution in [0.1, 0.15) is 93.4 Å². The predicted molar refractivity (Wildman–Crippen MR) is 102 cm³/mol. The van der Waals surface area contributed by atoms with E-state index in [1.54, 1.807) is 0 Å². The van der Waals surface area contributed by atoms with Crippen molar-refractivity contribution in [1.29, 1.82) is 0 Å². The predicted octanol–water partition coefficient (Wildman–Crippen LogP) is 4.22. The molecule has 2 N–H and O–H groups in total. The molecule has 4 nitrogen and oxygen atoms in total. The molecule has 4 heteroatoms. The Balaban J connectivity index is 2.04. The number of rotatable bonds is 5. The molecule has 150 valence electrons. The van der Waals surface area contributed by atoms with Crippen LogP contribution in [0.4, 0.5) is 0 Å². The molecule has 0 heterocycles. The Morgan fingerprint density at radius 3 is 1.77 bits per heavy atom. The monoisotopic (exact) mass is 366 g/mol. The van der Waals surface area contributed by atoms with Crippen LogP contribution in [0.25, 0.3) is 0 Å². The van der Waals surface area contributed by atoms with Crippen molar-refractivity contribution in [1.82, 2.24) is 0 Å². The Morgan fingerprint density at radius 1 is 0.923 bits per heavy atom. The molecule has 4 aliphatic carbocycles. The van der Waals surface area contributed by atoms with Gasteiger partial charge in [0, 0.05) is 10.8 Å². The van der Waals surface area contributed by atoms with E-state index in [0.29, 0.717) is 18.8 Å². The van der Waals surface area contributed by atoms with Crippen molar-refractivity contribution in [3.05, 3.63) is 0 Å². The molecule has 26 heavy (non-hydrogen) atoms. The number of hydrogen-bond acceptors (Lipinski definition) is 4. The third kappa shape index (κ3) is 2.83. The van der Waals surface area contributed by atoms with E-state index in [4.69, 9.17) is 4.74 Å². The fourth-order valence-corrected chi connectivity index (χ4v) is 6.31. The average molecular weight is 367 g/mol. The van der Waals surface area contributed by atoms with E-state index < -0.39 is 22.2 Å². The van der Waals surface area contributed by atoms with Gasteiger partial charge < -0.3 is 14.9 Å². The van der Waals surface area contributed by atoms with Crippen LogP contribution >= 0.6 is 0 Å². The van der Waals surface area contributed by atoms with Crippen LogP contribution in [0, 0.1) is 22.2 Å². The maximum absolute atomic E-state index is 12.9. The second-order valence-electron chi connectivity index (χ2n) is 11.5. The second-order valence-corrected chi connectivity index (χ2v) is 11.5. The molecule has 4 aliphatic rings. The van der Waals surface area contributed by atoms with Crippen molar-refractivity contribution >= 4 is 5.97 Å². The second kappa shape index (κ2) is 5.47. The standard InChI is InChI=1S/C22H38O4/c1-8-17(2,3)16(23)26-22-11-15-9-20(13-22,18(4,5)24)12-21(10-15,14-22)19(6,7)25/h15,24-25H,8-14H2,1-7H3. The largest absolute Gasteiger partial charge is 0.459 e. The topological polar surface area (TPSA) is 66.8 Å². The molecule has 4 fully saturated rings. The van der Waals surface area contributed by atoms with Crippen LogP contribution in [0.3, 0.4) is 0 Å². The quantitative estimate of drug-likeness (QED) is 0.715. The molecule has 0 aromatic carbocycles. The van der Waals surface area contributed by atoms with Gasteiger partial charge in [-0.1, -0.05) is 6.92 Å². The van der Waals surface area contributed by atoms with Gasteiger partial charge in [0.05, 0.1) is 16.6 Å². The lowest BCUT2D eigenvalue weighted by molar-refractivity contribution is -0.288. The molecule has 0 amide bonds. The van der Waals surface area contributed by atoms with Gasteiger partial charge in [-0.3, -0.25) is 4.79 Å². The van der Waals surface area contributed by atoms with Crippen LogP contribution in [-0.2, 0) is 9.53 Å². The summed E-state index contributed by atoms with van der Waals surface area (Å²) in [7, 11) is 0. The molecule has 4 bridgehead atoms. The summed E-state index contributed by atoms with van der Waals surface area (Å²) in [6, 6.07) is 0. The summed E-state index contributed by atoms with van der Waals surface area (Å²) in [5, 5.41) is 22.2. The Hall–Kier alpha value is -0.610. The van der Waals surface area contributed by atoms with Crippen molar-refractivity contribution < 1.29 is 19.7 Å². The number of hydrogen-bond donors (Lipinski definition) is 2. The summed E-state index contributed by atoms with van der Waals surface area (Å²) in [6.45, 7) is 13.5. The van der Waals surface area contributed by atoms with E-state index in [1.165, 1.54) is 0 Å². The van der Waals surface area contributed by atoms with E-state index in [1.807, 2.05) is 48.5 Å². The van der Waals surface area contributed by atoms with Crippen molar-refractivity contribution in [2.75, 3.05) is 0 Å². The summed E-state index contributed by atoms with van der Waals surface area (Å²) in [4.78, 5) is 12.9. The molecule has 0 aromatic heterocycles. The summed E-state index contributed by atoms with van der Waals surface area (Å²) >= 11 is 0. The zero-order valence-electron chi connectivity index (χ0n) is 17.7. The molecule has 0 aromatic rings. The van der Waals surface area contributed by atoms with Crippen LogP contribution in [-0.4, -0.2) is 33.0 Å². The average Bonchev–Trinajstić information content (AvgIpc) is 2.43. The highest BCUT2D eigenvalue weighted by Gasteiger charge is 2.71. The van der Waals surface area contributed by atoms with Crippen molar-refractivity contribution in [2.45, 2.75) is 110 Å². The molecule has 2 atom stereocenters. The Labute approximate surface area is 158 Å². The lowest BCUT2D eigenvalue weighted by atomic mass is 9.37. The first kappa shape index (κ1) is 20.1. The molecule has 4 saturated carbocycles. The minimum absolute atomic E-state index is 0.140. The number of esters is 1. The lowest BCUT2D eigenvalue weighted by Gasteiger charge is -2.70. The zero-order valence-corrected chi connectivity index (χ0v) is 17.7. The number of carbonyl (C=O) groups is 1. The summed E-state index contributed by atoms with van der Waals surface area (Å²) in [6.07, 6.45) is 5.76. The molecule has 0 radical (unpaired) electrons. The fourth-order valence-electron chi connectivity index (χ4n) is 6.31. The van der Waals surface area contributed by atoms with E-state index in [-0.39, 0.29) is 16.8 Å². The van der Waals surface area contributed by atoms with E-state index in [0.717, 1.165) is 32.1 Å². The van der Waals surface area contributed by atoms with Gasteiger partial charge in [-0.15, -0.1) is 0 Å². The van der Waals surface area contributed by atoms with E-state index in [2.05, 4.69) is 0 Å². The summed E-state index contributed by atoms with van der Waals surface area (Å²) in [5.41, 5.74) is -3.38. The van der Waals surface area contributed by atoms with Gasteiger partial charge in [0.15, 0.2) is 0 Å². The zero-order chi connectivity index (χ0) is 19.8. The van der Waals surface area contributed by atoms with Gasteiger partial charge in [-0.05, 0) is 92.4 Å². The number of aliphatic hydroxyl groups is 2. The van der Waals surface area contributed by atoms with Crippen molar-refractivity contribution in [3.63, 3.8) is 0 Å². The van der Waals surface area contributed by atoms with Crippen LogP contribution < -0.4 is 0 Å². The maximum Gasteiger partial charge on any atom is 0.312 e. The lowest BCUT2D eigenvalue weighted by Crippen LogP contribution is -2.70. The molecular formula is C22H38O4. The van der Waals surface area contributed by atoms with Crippen LogP contribution in [0.5, 0.6) is 0 Å². The van der Waals surface area contributed by atoms with Crippen molar-refractivity contribution in [3.8, 4) is 0 Å². The Bertz CT molecular complexity index is 562. The highest BCUT2D eigenvalue weighted by atomic mass is 16.6. The Kier molecular flexibility index (Phi) is 4.24. The van der Waals surface area contributed by atoms with Gasteiger partial charge in [-0.2, -0.15) is 0 Å². The highest BCUT2D eigenvalue weighted by molar-refractivity contribution is 5.76. The minimum Gasteiger partial charge on any atom is -0.459 e. The molecular weight excluding hydrogens is 328 g/mol. The van der Waals surface area contributed by atoms with Gasteiger partial charge in [0.2, 0.25) is 0 Å². The van der Waals surface area contributed by atoms with Crippen LogP contribution in [0.2, 0.25) is 0 Å². The van der Waals surface area contributed by atoms with Gasteiger partial charge in [0.1, 0.15) is 5.60 Å². The Morgan fingerprint density at radius 2 is 1.38 bits per heavy atom. The first-order chi connectivity index (χ1) is 11.6. The van der Waals surface area contributed by atoms with E-state index >= 15 is 0 Å². The molecule has 0 aliphatic heterocycles. The molecule has 2 unspecified atom stereocenters. The van der Waals surface area contributed by atoms with Gasteiger partial charge >= 0.3 is 5.97 Å². The SMILES string of the molecule is CCC(C)(C)C(=O)OC12CC3CC(C(C)(C)O)(C1)CC(C(C)(C)O)(C3)C2. The highest BCUT2D eigenvalue weighted by Crippen LogP contribution is 2.72. The molecule has 4 rings (SSSR count). The van der Waals surface area contributed by atoms with Crippen molar-refractivity contribution in [2.24, 2.45) is 22.2 Å². The van der Waals surface area contributed by atoms with E-state index in [9.17, 15) is 15.0 Å². The number of carbonyl (C=O) groups excluding carboxylic acids is 1. The van der Waals surface area contributed by atoms with Gasteiger partial charge in [-0.25, -0.2) is 0 Å². The number of ether oxygens (including phenoxy) is 1. The first-order valence-electron chi connectivity index (χ1n) is 10.3. The summed E-state index contributed by atoms with van der Waals surface area (Å²) in [5.74, 6) is 0.250. The molecule has 0 saturated heterocycles. The van der Waals surface area contributed by atoms with Crippen LogP contribution in [0.15, 0.2) is 0 Å². The third-order valence-electron chi connectivity index (χ3n) is 8.36. The first-order valence-corrected chi connectivity index (χ1v) is 10.3. The van der Waals surface area contributed by atoms with Gasteiger partial charge in [0.25, 0.3) is 0 Å². The normalized spacial score (nSPS) is 40.0. The smallest absolute Gasteiger partial charge is 0.312 e. The minimum atomic E-state index is -0.860. The molecule has 0 spiro atoms. The summed E-state index contributed by atoms with van der Waals surface area (Å²) < 4.78 is 6.29. The fraction of sp³-hybridized carbons (Fsp3) is 0.955. The maximum atomic E-state index is 12.9. The third-order valence-corrected chi connectivity index (χ3v) is 8.36.